The van der Waals surface area contributed by atoms with E-state index in [4.69, 9.17) is 10.5 Å². The monoisotopic (exact) mass is 89.1 g/mol. The zero-order chi connectivity index (χ0) is 4.99. The van der Waals surface area contributed by atoms with E-state index in [2.05, 4.69) is 0 Å². The molecule has 0 aromatic carbocycles. The summed E-state index contributed by atoms with van der Waals surface area (Å²) in [5, 5.41) is 0. The highest BCUT2D eigenvalue weighted by molar-refractivity contribution is 4.27. The Morgan fingerprint density at radius 2 is 2.33 bits per heavy atom. The van der Waals surface area contributed by atoms with Gasteiger partial charge in [0.25, 0.3) is 0 Å². The third-order valence-corrected chi connectivity index (χ3v) is 0.430. The van der Waals surface area contributed by atoms with Crippen LogP contribution < -0.4 is 5.73 Å². The summed E-state index contributed by atoms with van der Waals surface area (Å²) in [5.74, 6) is 0. The van der Waals surface area contributed by atoms with E-state index in [1.807, 2.05) is 13.8 Å². The summed E-state index contributed by atoms with van der Waals surface area (Å²) >= 11 is 0. The largest absolute Gasteiger partial charge is 0.364 e. The van der Waals surface area contributed by atoms with Crippen LogP contribution in [0.15, 0.2) is 0 Å². The van der Waals surface area contributed by atoms with Gasteiger partial charge in [-0.15, -0.1) is 0 Å². The molecule has 0 amide bonds. The molecule has 6 heavy (non-hydrogen) atoms. The van der Waals surface area contributed by atoms with Crippen LogP contribution in [0.4, 0.5) is 0 Å². The molecule has 0 aliphatic carbocycles. The third-order valence-electron chi connectivity index (χ3n) is 0.430. The van der Waals surface area contributed by atoms with Crippen LogP contribution in [-0.4, -0.2) is 12.8 Å². The van der Waals surface area contributed by atoms with Gasteiger partial charge in [-0.1, -0.05) is 0 Å². The standard InChI is InChI=1S/C4H11NO/c1-3-6-4(2)5/h4H,3,5H2,1-2H3. The molecule has 2 heteroatoms. The Hall–Kier alpha value is -0.0800. The molecule has 0 bridgehead atoms. The van der Waals surface area contributed by atoms with Crippen LogP contribution in [0, 0.1) is 0 Å². The number of ether oxygens (including phenoxy) is 1. The Labute approximate surface area is 38.3 Å². The van der Waals surface area contributed by atoms with Crippen molar-refractivity contribution in [2.45, 2.75) is 20.1 Å². The normalized spacial score (nSPS) is 14.5. The summed E-state index contributed by atoms with van der Waals surface area (Å²) in [5.41, 5.74) is 5.18. The summed E-state index contributed by atoms with van der Waals surface area (Å²) < 4.78 is 4.82. The van der Waals surface area contributed by atoms with E-state index in [0.717, 1.165) is 0 Å². The number of hydrogen-bond donors (Lipinski definition) is 1. The molecule has 0 spiro atoms. The molecular formula is C4H11NO. The van der Waals surface area contributed by atoms with Crippen LogP contribution in [-0.2, 0) is 4.74 Å². The predicted octanol–water partition coefficient (Wildman–Crippen LogP) is 0.328. The van der Waals surface area contributed by atoms with Crippen molar-refractivity contribution < 1.29 is 4.74 Å². The molecule has 0 radical (unpaired) electrons. The maximum Gasteiger partial charge on any atom is 0.102 e. The number of hydrogen-bond acceptors (Lipinski definition) is 2. The topological polar surface area (TPSA) is 35.2 Å². The zero-order valence-corrected chi connectivity index (χ0v) is 4.27. The number of rotatable bonds is 2. The van der Waals surface area contributed by atoms with Crippen molar-refractivity contribution in [1.29, 1.82) is 0 Å². The minimum atomic E-state index is -0.102. The first-order chi connectivity index (χ1) is 2.77. The van der Waals surface area contributed by atoms with Gasteiger partial charge < -0.3 is 10.5 Å². The second-order valence-electron chi connectivity index (χ2n) is 1.16. The second-order valence-corrected chi connectivity index (χ2v) is 1.16. The molecule has 0 saturated heterocycles. The highest BCUT2D eigenvalue weighted by Crippen LogP contribution is 1.74. The Bertz CT molecular complexity index is 28.7. The third kappa shape index (κ3) is 3.92. The van der Waals surface area contributed by atoms with Gasteiger partial charge >= 0.3 is 0 Å². The van der Waals surface area contributed by atoms with Gasteiger partial charge in [0.05, 0.1) is 0 Å². The molecule has 2 N–H and O–H groups in total. The molecule has 0 aliphatic heterocycles. The quantitative estimate of drug-likeness (QED) is 0.495. The van der Waals surface area contributed by atoms with Crippen molar-refractivity contribution in [3.63, 3.8) is 0 Å². The van der Waals surface area contributed by atoms with Crippen LogP contribution in [0.3, 0.4) is 0 Å². The van der Waals surface area contributed by atoms with Crippen molar-refractivity contribution >= 4 is 0 Å². The van der Waals surface area contributed by atoms with Gasteiger partial charge in [-0.05, 0) is 13.8 Å². The Balaban J connectivity index is 2.63. The predicted molar refractivity (Wildman–Crippen MR) is 25.3 cm³/mol. The lowest BCUT2D eigenvalue weighted by Crippen LogP contribution is -2.18. The van der Waals surface area contributed by atoms with Gasteiger partial charge in [0.1, 0.15) is 6.23 Å². The lowest BCUT2D eigenvalue weighted by Gasteiger charge is -2.00. The molecule has 0 heterocycles. The van der Waals surface area contributed by atoms with Crippen molar-refractivity contribution in [3.05, 3.63) is 0 Å². The summed E-state index contributed by atoms with van der Waals surface area (Å²) in [7, 11) is 0. The van der Waals surface area contributed by atoms with E-state index in [1.165, 1.54) is 0 Å². The van der Waals surface area contributed by atoms with Crippen LogP contribution in [0.25, 0.3) is 0 Å². The minimum Gasteiger partial charge on any atom is -0.364 e. The fourth-order valence-corrected chi connectivity index (χ4v) is 0.263. The van der Waals surface area contributed by atoms with Crippen LogP contribution in [0.5, 0.6) is 0 Å². The van der Waals surface area contributed by atoms with Crippen LogP contribution in [0.2, 0.25) is 0 Å². The number of nitrogens with two attached hydrogens (primary N) is 1. The second kappa shape index (κ2) is 3.12. The molecule has 0 fully saturated rings. The average Bonchev–Trinajstić information content (AvgIpc) is 1.35. The maximum absolute atomic E-state index is 5.18. The molecule has 1 unspecified atom stereocenters. The lowest BCUT2D eigenvalue weighted by atomic mass is 10.7. The van der Waals surface area contributed by atoms with Crippen LogP contribution >= 0.6 is 0 Å². The van der Waals surface area contributed by atoms with E-state index in [1.54, 1.807) is 0 Å². The summed E-state index contributed by atoms with van der Waals surface area (Å²) in [6, 6.07) is 0. The lowest BCUT2D eigenvalue weighted by molar-refractivity contribution is 0.0814. The smallest absolute Gasteiger partial charge is 0.102 e. The SMILES string of the molecule is CCOC(C)N. The van der Waals surface area contributed by atoms with E-state index < -0.39 is 0 Å². The molecule has 0 saturated carbocycles. The first-order valence-electron chi connectivity index (χ1n) is 2.14. The minimum absolute atomic E-state index is 0.102. The molecule has 2 nitrogen and oxygen atoms in total. The average molecular weight is 89.1 g/mol. The highest BCUT2D eigenvalue weighted by Gasteiger charge is 1.83. The van der Waals surface area contributed by atoms with Gasteiger partial charge in [0.2, 0.25) is 0 Å². The van der Waals surface area contributed by atoms with E-state index >= 15 is 0 Å². The van der Waals surface area contributed by atoms with Crippen LogP contribution in [0.1, 0.15) is 13.8 Å². The van der Waals surface area contributed by atoms with Gasteiger partial charge in [0.15, 0.2) is 0 Å². The zero-order valence-electron chi connectivity index (χ0n) is 4.27. The van der Waals surface area contributed by atoms with E-state index in [-0.39, 0.29) is 6.23 Å². The Morgan fingerprint density at radius 3 is 2.33 bits per heavy atom. The van der Waals surface area contributed by atoms with Gasteiger partial charge in [-0.25, -0.2) is 0 Å². The molecule has 0 aromatic rings. The first-order valence-corrected chi connectivity index (χ1v) is 2.14. The van der Waals surface area contributed by atoms with Gasteiger partial charge in [-0.3, -0.25) is 0 Å². The molecular weight excluding hydrogens is 78.0 g/mol. The molecule has 1 atom stereocenters. The van der Waals surface area contributed by atoms with Gasteiger partial charge in [-0.2, -0.15) is 0 Å². The van der Waals surface area contributed by atoms with Crippen molar-refractivity contribution in [2.75, 3.05) is 6.61 Å². The fraction of sp³-hybridized carbons (Fsp3) is 1.00. The Kier molecular flexibility index (Phi) is 3.08. The van der Waals surface area contributed by atoms with E-state index in [0.29, 0.717) is 6.61 Å². The Morgan fingerprint density at radius 1 is 1.83 bits per heavy atom. The molecule has 0 rings (SSSR count). The highest BCUT2D eigenvalue weighted by atomic mass is 16.5. The summed E-state index contributed by atoms with van der Waals surface area (Å²) in [6.45, 7) is 4.44. The molecule has 0 aliphatic rings. The van der Waals surface area contributed by atoms with Crippen molar-refractivity contribution in [2.24, 2.45) is 5.73 Å². The maximum atomic E-state index is 5.18. The first kappa shape index (κ1) is 5.92. The molecule has 0 aromatic heterocycles. The van der Waals surface area contributed by atoms with Crippen molar-refractivity contribution in [1.82, 2.24) is 0 Å². The summed E-state index contributed by atoms with van der Waals surface area (Å²) in [6.07, 6.45) is -0.102. The molecule has 38 valence electrons. The van der Waals surface area contributed by atoms with Crippen molar-refractivity contribution in [3.8, 4) is 0 Å². The van der Waals surface area contributed by atoms with Gasteiger partial charge in [0, 0.05) is 6.61 Å². The summed E-state index contributed by atoms with van der Waals surface area (Å²) in [4.78, 5) is 0. The van der Waals surface area contributed by atoms with E-state index in [9.17, 15) is 0 Å². The fourth-order valence-electron chi connectivity index (χ4n) is 0.263.